The molecule has 112 valence electrons. The Hall–Kier alpha value is -1.80. The highest BCUT2D eigenvalue weighted by Crippen LogP contribution is 2.14. The Morgan fingerprint density at radius 1 is 0.905 bits per heavy atom. The second kappa shape index (κ2) is 8.48. The van der Waals surface area contributed by atoms with Crippen LogP contribution in [-0.2, 0) is 13.2 Å². The number of hydrogen-bond acceptors (Lipinski definition) is 2. The molecule has 2 nitrogen and oxygen atoms in total. The molecule has 0 atom stereocenters. The third-order valence-corrected chi connectivity index (χ3v) is 3.40. The minimum absolute atomic E-state index is 0.618. The van der Waals surface area contributed by atoms with Crippen molar-refractivity contribution in [2.45, 2.75) is 33.4 Å². The number of rotatable bonds is 8. The van der Waals surface area contributed by atoms with Gasteiger partial charge in [-0.15, -0.1) is 0 Å². The van der Waals surface area contributed by atoms with Gasteiger partial charge >= 0.3 is 0 Å². The zero-order chi connectivity index (χ0) is 14.9. The lowest BCUT2D eigenvalue weighted by molar-refractivity contribution is 0.306. The average Bonchev–Trinajstić information content (AvgIpc) is 2.51. The Morgan fingerprint density at radius 2 is 1.62 bits per heavy atom. The van der Waals surface area contributed by atoms with Crippen molar-refractivity contribution in [3.05, 3.63) is 65.7 Å². The third-order valence-electron chi connectivity index (χ3n) is 3.40. The van der Waals surface area contributed by atoms with Crippen LogP contribution in [0.4, 0.5) is 0 Å². The van der Waals surface area contributed by atoms with E-state index in [1.807, 2.05) is 30.3 Å². The van der Waals surface area contributed by atoms with Crippen molar-refractivity contribution in [2.75, 3.05) is 6.54 Å². The lowest BCUT2D eigenvalue weighted by atomic mass is 10.1. The van der Waals surface area contributed by atoms with Gasteiger partial charge in [0.05, 0.1) is 0 Å². The van der Waals surface area contributed by atoms with Crippen molar-refractivity contribution >= 4 is 0 Å². The van der Waals surface area contributed by atoms with Crippen molar-refractivity contribution < 1.29 is 4.74 Å². The Balaban J connectivity index is 1.74. The normalized spacial score (nSPS) is 10.8. The van der Waals surface area contributed by atoms with Gasteiger partial charge < -0.3 is 10.1 Å². The Kier molecular flexibility index (Phi) is 6.29. The maximum absolute atomic E-state index is 5.78. The quantitative estimate of drug-likeness (QED) is 0.725. The molecular weight excluding hydrogens is 258 g/mol. The summed E-state index contributed by atoms with van der Waals surface area (Å²) in [7, 11) is 0. The van der Waals surface area contributed by atoms with Gasteiger partial charge in [0.2, 0.25) is 0 Å². The number of benzene rings is 2. The minimum atomic E-state index is 0.618. The van der Waals surface area contributed by atoms with E-state index in [0.717, 1.165) is 24.8 Å². The average molecular weight is 283 g/mol. The SMILES string of the molecule is CC(C)CCNCc1ccc(OCc2ccccc2)cc1. The summed E-state index contributed by atoms with van der Waals surface area (Å²) in [5, 5.41) is 3.47. The first-order valence-electron chi connectivity index (χ1n) is 7.70. The monoisotopic (exact) mass is 283 g/mol. The summed E-state index contributed by atoms with van der Waals surface area (Å²) in [5.41, 5.74) is 2.49. The molecule has 2 heteroatoms. The van der Waals surface area contributed by atoms with Crippen LogP contribution in [0.25, 0.3) is 0 Å². The van der Waals surface area contributed by atoms with Gasteiger partial charge in [-0.05, 0) is 42.1 Å². The molecule has 0 aliphatic rings. The fourth-order valence-electron chi connectivity index (χ4n) is 2.07. The van der Waals surface area contributed by atoms with E-state index in [9.17, 15) is 0 Å². The van der Waals surface area contributed by atoms with Crippen LogP contribution in [0.5, 0.6) is 5.75 Å². The summed E-state index contributed by atoms with van der Waals surface area (Å²) >= 11 is 0. The summed E-state index contributed by atoms with van der Waals surface area (Å²) in [6.45, 7) is 7.11. The maximum Gasteiger partial charge on any atom is 0.119 e. The topological polar surface area (TPSA) is 21.3 Å². The second-order valence-electron chi connectivity index (χ2n) is 5.78. The molecule has 1 N–H and O–H groups in total. The highest BCUT2D eigenvalue weighted by molar-refractivity contribution is 5.27. The summed E-state index contributed by atoms with van der Waals surface area (Å²) in [6.07, 6.45) is 1.22. The maximum atomic E-state index is 5.78. The Morgan fingerprint density at radius 3 is 2.29 bits per heavy atom. The van der Waals surface area contributed by atoms with E-state index >= 15 is 0 Å². The summed E-state index contributed by atoms with van der Waals surface area (Å²) < 4.78 is 5.78. The summed E-state index contributed by atoms with van der Waals surface area (Å²) in [6, 6.07) is 18.6. The van der Waals surface area contributed by atoms with Gasteiger partial charge in [0.1, 0.15) is 12.4 Å². The Bertz CT molecular complexity index is 505. The van der Waals surface area contributed by atoms with Crippen molar-refractivity contribution in [3.63, 3.8) is 0 Å². The van der Waals surface area contributed by atoms with Crippen LogP contribution in [0.1, 0.15) is 31.4 Å². The highest BCUT2D eigenvalue weighted by atomic mass is 16.5. The van der Waals surface area contributed by atoms with E-state index < -0.39 is 0 Å². The molecule has 0 aliphatic carbocycles. The van der Waals surface area contributed by atoms with Crippen LogP contribution >= 0.6 is 0 Å². The smallest absolute Gasteiger partial charge is 0.119 e. The number of ether oxygens (including phenoxy) is 1. The minimum Gasteiger partial charge on any atom is -0.489 e. The molecule has 2 aromatic carbocycles. The summed E-state index contributed by atoms with van der Waals surface area (Å²) in [5.74, 6) is 1.68. The van der Waals surface area contributed by atoms with E-state index in [-0.39, 0.29) is 0 Å². The van der Waals surface area contributed by atoms with Crippen LogP contribution in [0.15, 0.2) is 54.6 Å². The van der Waals surface area contributed by atoms with Gasteiger partial charge in [-0.2, -0.15) is 0 Å². The van der Waals surface area contributed by atoms with Crippen molar-refractivity contribution in [1.29, 1.82) is 0 Å². The first kappa shape index (κ1) is 15.6. The molecule has 2 rings (SSSR count). The fraction of sp³-hybridized carbons (Fsp3) is 0.368. The van der Waals surface area contributed by atoms with E-state index in [4.69, 9.17) is 4.74 Å². The molecule has 0 amide bonds. The predicted molar refractivity (Wildman–Crippen MR) is 88.4 cm³/mol. The highest BCUT2D eigenvalue weighted by Gasteiger charge is 1.98. The van der Waals surface area contributed by atoms with Gasteiger partial charge in [-0.1, -0.05) is 56.3 Å². The molecule has 0 fully saturated rings. The molecule has 0 aliphatic heterocycles. The van der Waals surface area contributed by atoms with Crippen LogP contribution in [0, 0.1) is 5.92 Å². The van der Waals surface area contributed by atoms with Gasteiger partial charge in [-0.25, -0.2) is 0 Å². The third kappa shape index (κ3) is 6.01. The molecule has 0 saturated heterocycles. The van der Waals surface area contributed by atoms with Crippen molar-refractivity contribution in [2.24, 2.45) is 5.92 Å². The van der Waals surface area contributed by atoms with E-state index in [0.29, 0.717) is 6.61 Å². The van der Waals surface area contributed by atoms with Crippen LogP contribution in [0.3, 0.4) is 0 Å². The van der Waals surface area contributed by atoms with Gasteiger partial charge in [0.15, 0.2) is 0 Å². The van der Waals surface area contributed by atoms with Crippen LogP contribution < -0.4 is 10.1 Å². The first-order valence-corrected chi connectivity index (χ1v) is 7.70. The van der Waals surface area contributed by atoms with E-state index in [1.165, 1.54) is 17.5 Å². The van der Waals surface area contributed by atoms with E-state index in [2.05, 4.69) is 43.4 Å². The zero-order valence-corrected chi connectivity index (χ0v) is 13.0. The van der Waals surface area contributed by atoms with Gasteiger partial charge in [-0.3, -0.25) is 0 Å². The molecule has 0 aromatic heterocycles. The largest absolute Gasteiger partial charge is 0.489 e. The standard InChI is InChI=1S/C19H25NO/c1-16(2)12-13-20-14-17-8-10-19(11-9-17)21-15-18-6-4-3-5-7-18/h3-11,16,20H,12-15H2,1-2H3. The van der Waals surface area contributed by atoms with Crippen LogP contribution in [0.2, 0.25) is 0 Å². The molecule has 21 heavy (non-hydrogen) atoms. The predicted octanol–water partition coefficient (Wildman–Crippen LogP) is 4.40. The molecule has 0 heterocycles. The molecule has 0 spiro atoms. The molecular formula is C19H25NO. The van der Waals surface area contributed by atoms with E-state index in [1.54, 1.807) is 0 Å². The van der Waals surface area contributed by atoms with Gasteiger partial charge in [0, 0.05) is 6.54 Å². The molecule has 0 unspecified atom stereocenters. The molecule has 0 bridgehead atoms. The lowest BCUT2D eigenvalue weighted by Gasteiger charge is -2.09. The van der Waals surface area contributed by atoms with Crippen molar-refractivity contribution in [1.82, 2.24) is 5.32 Å². The molecule has 2 aromatic rings. The molecule has 0 saturated carbocycles. The lowest BCUT2D eigenvalue weighted by Crippen LogP contribution is -2.16. The van der Waals surface area contributed by atoms with Gasteiger partial charge in [0.25, 0.3) is 0 Å². The number of nitrogens with one attached hydrogen (secondary N) is 1. The van der Waals surface area contributed by atoms with Crippen molar-refractivity contribution in [3.8, 4) is 5.75 Å². The number of hydrogen-bond donors (Lipinski definition) is 1. The second-order valence-corrected chi connectivity index (χ2v) is 5.78. The van der Waals surface area contributed by atoms with Crippen LogP contribution in [-0.4, -0.2) is 6.54 Å². The zero-order valence-electron chi connectivity index (χ0n) is 13.0. The molecule has 0 radical (unpaired) electrons. The fourth-order valence-corrected chi connectivity index (χ4v) is 2.07. The summed E-state index contributed by atoms with van der Waals surface area (Å²) in [4.78, 5) is 0. The Labute approximate surface area is 128 Å². The first-order chi connectivity index (χ1) is 10.2.